The maximum atomic E-state index is 10.4. The fraction of sp³-hybridized carbons (Fsp3) is 0.200. The van der Waals surface area contributed by atoms with Crippen molar-refractivity contribution in [2.45, 2.75) is 6.42 Å². The fourth-order valence-corrected chi connectivity index (χ4v) is 1.11. The first-order chi connectivity index (χ1) is 6.61. The number of hydrogen-bond donors (Lipinski definition) is 0. The SMILES string of the molecule is O=C([O-])C(Cc1ccccc1)C(=O)[O-].[Ca+2]. The number of benzene rings is 1. The molecule has 0 amide bonds. The molecule has 0 aliphatic heterocycles. The smallest absolute Gasteiger partial charge is 0.549 e. The average Bonchev–Trinajstić information content (AvgIpc) is 2.15. The Morgan fingerprint density at radius 3 is 1.93 bits per heavy atom. The summed E-state index contributed by atoms with van der Waals surface area (Å²) in [7, 11) is 0. The van der Waals surface area contributed by atoms with E-state index in [1.54, 1.807) is 30.3 Å². The quantitative estimate of drug-likeness (QED) is 0.442. The van der Waals surface area contributed by atoms with Gasteiger partial charge in [-0.25, -0.2) is 0 Å². The first-order valence-electron chi connectivity index (χ1n) is 4.07. The topological polar surface area (TPSA) is 80.3 Å². The number of carboxylic acid groups (broad SMARTS) is 2. The first kappa shape index (κ1) is 14.4. The van der Waals surface area contributed by atoms with Gasteiger partial charge in [0.1, 0.15) is 0 Å². The zero-order valence-corrected chi connectivity index (χ0v) is 10.2. The van der Waals surface area contributed by atoms with Gasteiger partial charge in [0.25, 0.3) is 0 Å². The van der Waals surface area contributed by atoms with E-state index < -0.39 is 17.9 Å². The summed E-state index contributed by atoms with van der Waals surface area (Å²) in [5.74, 6) is -4.82. The summed E-state index contributed by atoms with van der Waals surface area (Å²) in [5, 5.41) is 20.8. The Bertz CT molecular complexity index is 323. The molecular formula is C10H8CaO4. The molecule has 0 saturated carbocycles. The average molecular weight is 232 g/mol. The Labute approximate surface area is 117 Å². The molecule has 0 atom stereocenters. The monoisotopic (exact) mass is 232 g/mol. The molecule has 4 nitrogen and oxygen atoms in total. The van der Waals surface area contributed by atoms with Crippen molar-refractivity contribution < 1.29 is 19.8 Å². The van der Waals surface area contributed by atoms with E-state index in [1.807, 2.05) is 0 Å². The molecule has 74 valence electrons. The molecule has 15 heavy (non-hydrogen) atoms. The molecule has 0 bridgehead atoms. The maximum absolute atomic E-state index is 10.4. The van der Waals surface area contributed by atoms with Crippen molar-refractivity contribution in [1.82, 2.24) is 0 Å². The minimum atomic E-state index is -1.62. The number of aliphatic carboxylic acids is 2. The van der Waals surface area contributed by atoms with Crippen LogP contribution in [0.2, 0.25) is 0 Å². The van der Waals surface area contributed by atoms with Gasteiger partial charge in [-0.3, -0.25) is 0 Å². The molecule has 1 aromatic rings. The maximum Gasteiger partial charge on any atom is 2.00 e. The number of carbonyl (C=O) groups is 2. The van der Waals surface area contributed by atoms with Gasteiger partial charge in [-0.1, -0.05) is 30.3 Å². The summed E-state index contributed by atoms with van der Waals surface area (Å²) < 4.78 is 0. The second-order valence-corrected chi connectivity index (χ2v) is 2.88. The van der Waals surface area contributed by atoms with Gasteiger partial charge in [0, 0.05) is 5.92 Å². The van der Waals surface area contributed by atoms with Crippen molar-refractivity contribution in [1.29, 1.82) is 0 Å². The van der Waals surface area contributed by atoms with Crippen molar-refractivity contribution >= 4 is 49.7 Å². The second kappa shape index (κ2) is 6.82. The van der Waals surface area contributed by atoms with Gasteiger partial charge >= 0.3 is 37.7 Å². The van der Waals surface area contributed by atoms with Gasteiger partial charge in [-0.2, -0.15) is 0 Å². The summed E-state index contributed by atoms with van der Waals surface area (Å²) in [6, 6.07) is 8.47. The number of rotatable bonds is 4. The third kappa shape index (κ3) is 4.64. The van der Waals surface area contributed by atoms with E-state index in [0.29, 0.717) is 5.56 Å². The van der Waals surface area contributed by atoms with Crippen LogP contribution in [0.25, 0.3) is 0 Å². The summed E-state index contributed by atoms with van der Waals surface area (Å²) in [4.78, 5) is 20.8. The molecule has 0 radical (unpaired) electrons. The van der Waals surface area contributed by atoms with E-state index in [9.17, 15) is 19.8 Å². The van der Waals surface area contributed by atoms with Crippen LogP contribution in [0.1, 0.15) is 5.56 Å². The molecule has 0 spiro atoms. The minimum absolute atomic E-state index is 0. The summed E-state index contributed by atoms with van der Waals surface area (Å²) in [6.45, 7) is 0. The van der Waals surface area contributed by atoms with Gasteiger partial charge in [-0.05, 0) is 12.0 Å². The van der Waals surface area contributed by atoms with Gasteiger partial charge < -0.3 is 19.8 Å². The van der Waals surface area contributed by atoms with E-state index in [2.05, 4.69) is 0 Å². The molecule has 0 aliphatic rings. The van der Waals surface area contributed by atoms with Crippen LogP contribution >= 0.6 is 0 Å². The van der Waals surface area contributed by atoms with Crippen LogP contribution < -0.4 is 10.2 Å². The van der Waals surface area contributed by atoms with Crippen LogP contribution in [0, 0.1) is 5.92 Å². The van der Waals surface area contributed by atoms with Crippen LogP contribution in [0.4, 0.5) is 0 Å². The van der Waals surface area contributed by atoms with Crippen molar-refractivity contribution in [2.75, 3.05) is 0 Å². The van der Waals surface area contributed by atoms with E-state index in [-0.39, 0.29) is 44.2 Å². The van der Waals surface area contributed by atoms with E-state index in [4.69, 9.17) is 0 Å². The molecule has 0 unspecified atom stereocenters. The molecule has 0 heterocycles. The third-order valence-corrected chi connectivity index (χ3v) is 1.85. The van der Waals surface area contributed by atoms with Crippen molar-refractivity contribution in [3.63, 3.8) is 0 Å². The third-order valence-electron chi connectivity index (χ3n) is 1.85. The zero-order chi connectivity index (χ0) is 10.6. The molecular weight excluding hydrogens is 224 g/mol. The normalized spacial score (nSPS) is 9.40. The number of hydrogen-bond acceptors (Lipinski definition) is 4. The van der Waals surface area contributed by atoms with E-state index in [1.165, 1.54) is 0 Å². The first-order valence-corrected chi connectivity index (χ1v) is 4.07. The Balaban J connectivity index is 0.00000196. The molecule has 0 saturated heterocycles. The van der Waals surface area contributed by atoms with Crippen molar-refractivity contribution in [3.8, 4) is 0 Å². The number of carbonyl (C=O) groups excluding carboxylic acids is 2. The van der Waals surface area contributed by atoms with Crippen molar-refractivity contribution in [2.24, 2.45) is 5.92 Å². The molecule has 0 aromatic heterocycles. The molecule has 0 fully saturated rings. The van der Waals surface area contributed by atoms with Gasteiger partial charge in [0.2, 0.25) is 0 Å². The fourth-order valence-electron chi connectivity index (χ4n) is 1.11. The Morgan fingerprint density at radius 1 is 1.07 bits per heavy atom. The van der Waals surface area contributed by atoms with Gasteiger partial charge in [0.15, 0.2) is 0 Å². The van der Waals surface area contributed by atoms with Crippen LogP contribution in [-0.4, -0.2) is 49.7 Å². The van der Waals surface area contributed by atoms with Crippen LogP contribution in [0.3, 0.4) is 0 Å². The van der Waals surface area contributed by atoms with Gasteiger partial charge in [-0.15, -0.1) is 0 Å². The summed E-state index contributed by atoms with van der Waals surface area (Å²) in [5.41, 5.74) is 0.630. The van der Waals surface area contributed by atoms with E-state index in [0.717, 1.165) is 0 Å². The molecule has 5 heteroatoms. The molecule has 1 rings (SSSR count). The molecule has 0 aliphatic carbocycles. The molecule has 1 aromatic carbocycles. The Hall–Kier alpha value is -0.580. The minimum Gasteiger partial charge on any atom is -0.549 e. The van der Waals surface area contributed by atoms with Crippen LogP contribution in [0.15, 0.2) is 30.3 Å². The predicted octanol–water partition coefficient (Wildman–Crippen LogP) is -2.04. The van der Waals surface area contributed by atoms with Crippen LogP contribution in [0.5, 0.6) is 0 Å². The zero-order valence-electron chi connectivity index (χ0n) is 8.01. The number of carboxylic acids is 2. The Kier molecular flexibility index (Phi) is 6.56. The molecule has 0 N–H and O–H groups in total. The summed E-state index contributed by atoms with van der Waals surface area (Å²) >= 11 is 0. The van der Waals surface area contributed by atoms with Crippen molar-refractivity contribution in [3.05, 3.63) is 35.9 Å². The predicted molar refractivity (Wildman–Crippen MR) is 49.4 cm³/mol. The second-order valence-electron chi connectivity index (χ2n) is 2.88. The Morgan fingerprint density at radius 2 is 1.53 bits per heavy atom. The van der Waals surface area contributed by atoms with E-state index >= 15 is 0 Å². The standard InChI is InChI=1S/C10H10O4.Ca/c11-9(12)8(10(13)14)6-7-4-2-1-3-5-7;/h1-5,8H,6H2,(H,11,12)(H,13,14);/q;+2/p-2. The largest absolute Gasteiger partial charge is 2.00 e. The van der Waals surface area contributed by atoms with Crippen LogP contribution in [-0.2, 0) is 16.0 Å². The summed E-state index contributed by atoms with van der Waals surface area (Å²) in [6.07, 6.45) is -0.106. The van der Waals surface area contributed by atoms with Gasteiger partial charge in [0.05, 0.1) is 11.9 Å².